The third-order valence-electron chi connectivity index (χ3n) is 4.33. The summed E-state index contributed by atoms with van der Waals surface area (Å²) in [5.74, 6) is 0.0274. The van der Waals surface area contributed by atoms with Crippen molar-refractivity contribution in [2.75, 3.05) is 17.2 Å². The molecule has 2 heterocycles. The summed E-state index contributed by atoms with van der Waals surface area (Å²) < 4.78 is 5.26. The number of nitrogens with zero attached hydrogens (tertiary/aromatic N) is 2. The molecule has 0 atom stereocenters. The van der Waals surface area contributed by atoms with E-state index in [2.05, 4.69) is 15.6 Å². The lowest BCUT2D eigenvalue weighted by Crippen LogP contribution is -2.21. The van der Waals surface area contributed by atoms with Gasteiger partial charge in [-0.15, -0.1) is 11.3 Å². The molecule has 10 heteroatoms. The number of carbonyl (C=O) groups is 1. The Bertz CT molecular complexity index is 896. The van der Waals surface area contributed by atoms with Gasteiger partial charge in [0.2, 0.25) is 0 Å². The van der Waals surface area contributed by atoms with Gasteiger partial charge in [-0.3, -0.25) is 10.1 Å². The van der Waals surface area contributed by atoms with E-state index in [-0.39, 0.29) is 16.8 Å². The molecule has 0 fully saturated rings. The fourth-order valence-corrected chi connectivity index (χ4v) is 4.62. The van der Waals surface area contributed by atoms with E-state index in [1.807, 2.05) is 0 Å². The van der Waals surface area contributed by atoms with Gasteiger partial charge in [-0.2, -0.15) is 0 Å². The Kier molecular flexibility index (Phi) is 6.53. The van der Waals surface area contributed by atoms with Gasteiger partial charge in [-0.05, 0) is 56.5 Å². The minimum Gasteiger partial charge on any atom is -0.462 e. The first-order valence-electron chi connectivity index (χ1n) is 8.99. The van der Waals surface area contributed by atoms with Gasteiger partial charge >= 0.3 is 5.97 Å². The minimum absolute atomic E-state index is 0.101. The number of carbonyl (C=O) groups excluding carboxylic acids is 1. The van der Waals surface area contributed by atoms with Crippen LogP contribution in [0.2, 0.25) is 0 Å². The first-order chi connectivity index (χ1) is 13.5. The fourth-order valence-electron chi connectivity index (χ4n) is 3.07. The van der Waals surface area contributed by atoms with Crippen molar-refractivity contribution in [2.45, 2.75) is 39.0 Å². The predicted molar refractivity (Wildman–Crippen MR) is 112 cm³/mol. The lowest BCUT2D eigenvalue weighted by Gasteiger charge is -2.11. The molecular weight excluding hydrogens is 400 g/mol. The molecular formula is C18H20N4O4S2. The van der Waals surface area contributed by atoms with E-state index < -0.39 is 4.92 Å². The Labute approximate surface area is 171 Å². The van der Waals surface area contributed by atoms with Gasteiger partial charge in [-0.25, -0.2) is 9.78 Å². The molecule has 0 saturated carbocycles. The molecule has 0 bridgehead atoms. The van der Waals surface area contributed by atoms with Crippen molar-refractivity contribution in [2.24, 2.45) is 0 Å². The van der Waals surface area contributed by atoms with Crippen molar-refractivity contribution in [3.8, 4) is 0 Å². The lowest BCUT2D eigenvalue weighted by molar-refractivity contribution is -0.385. The molecule has 0 saturated heterocycles. The maximum Gasteiger partial charge on any atom is 0.341 e. The number of anilines is 2. The smallest absolute Gasteiger partial charge is 0.341 e. The second-order valence-corrected chi connectivity index (χ2v) is 7.74. The number of pyridine rings is 1. The quantitative estimate of drug-likeness (QED) is 0.242. The number of esters is 1. The average molecular weight is 421 g/mol. The van der Waals surface area contributed by atoms with Gasteiger partial charge in [0.05, 0.1) is 17.1 Å². The molecule has 1 aliphatic carbocycles. The molecule has 3 rings (SSSR count). The number of thiophene rings is 1. The first kappa shape index (κ1) is 20.2. The van der Waals surface area contributed by atoms with Gasteiger partial charge in [0.1, 0.15) is 17.0 Å². The number of hydrogen-bond donors (Lipinski definition) is 2. The number of hydrogen-bond acceptors (Lipinski definition) is 7. The van der Waals surface area contributed by atoms with Gasteiger partial charge < -0.3 is 15.4 Å². The third kappa shape index (κ3) is 4.63. The molecule has 0 unspecified atom stereocenters. The van der Waals surface area contributed by atoms with Crippen molar-refractivity contribution < 1.29 is 14.5 Å². The molecule has 28 heavy (non-hydrogen) atoms. The summed E-state index contributed by atoms with van der Waals surface area (Å²) in [4.78, 5) is 27.9. The molecule has 2 N–H and O–H groups in total. The van der Waals surface area contributed by atoms with Crippen molar-refractivity contribution in [3.63, 3.8) is 0 Å². The van der Waals surface area contributed by atoms with E-state index in [0.717, 1.165) is 43.9 Å². The highest BCUT2D eigenvalue weighted by Gasteiger charge is 2.26. The minimum atomic E-state index is -0.516. The van der Waals surface area contributed by atoms with E-state index in [9.17, 15) is 14.9 Å². The van der Waals surface area contributed by atoms with Crippen LogP contribution >= 0.6 is 23.6 Å². The van der Waals surface area contributed by atoms with Crippen LogP contribution in [0.1, 0.15) is 47.0 Å². The molecule has 8 nitrogen and oxygen atoms in total. The Morgan fingerprint density at radius 2 is 2.11 bits per heavy atom. The summed E-state index contributed by atoms with van der Waals surface area (Å²) in [6, 6.07) is 2.82. The molecule has 1 aliphatic rings. The molecule has 0 radical (unpaired) electrons. The van der Waals surface area contributed by atoms with Crippen LogP contribution in [0.25, 0.3) is 0 Å². The predicted octanol–water partition coefficient (Wildman–Crippen LogP) is 4.31. The highest BCUT2D eigenvalue weighted by molar-refractivity contribution is 7.80. The van der Waals surface area contributed by atoms with Crippen LogP contribution in [0.5, 0.6) is 0 Å². The molecule has 0 spiro atoms. The standard InChI is InChI=1S/C18H20N4O4S2/c1-2-26-17(23)15-12-6-4-3-5-7-13(12)28-16(15)21-18(27)20-14-9-8-11(10-19-14)22(24)25/h8-10H,2-7H2,1H3,(H2,19,20,21,27). The molecule has 2 aromatic rings. The second-order valence-electron chi connectivity index (χ2n) is 6.23. The third-order valence-corrected chi connectivity index (χ3v) is 5.74. The van der Waals surface area contributed by atoms with E-state index in [1.54, 1.807) is 6.92 Å². The topological polar surface area (TPSA) is 106 Å². The molecule has 148 valence electrons. The monoisotopic (exact) mass is 420 g/mol. The summed E-state index contributed by atoms with van der Waals surface area (Å²) in [6.45, 7) is 2.08. The van der Waals surface area contributed by atoms with Gasteiger partial charge in [-0.1, -0.05) is 6.42 Å². The lowest BCUT2D eigenvalue weighted by atomic mass is 10.1. The van der Waals surface area contributed by atoms with E-state index >= 15 is 0 Å². The molecule has 0 aromatic carbocycles. The summed E-state index contributed by atoms with van der Waals surface area (Å²) in [5, 5.41) is 17.6. The molecule has 0 amide bonds. The maximum absolute atomic E-state index is 12.6. The summed E-state index contributed by atoms with van der Waals surface area (Å²) >= 11 is 6.86. The zero-order valence-corrected chi connectivity index (χ0v) is 17.0. The van der Waals surface area contributed by atoms with Crippen molar-refractivity contribution in [1.29, 1.82) is 0 Å². The summed E-state index contributed by atoms with van der Waals surface area (Å²) in [7, 11) is 0. The van der Waals surface area contributed by atoms with E-state index in [4.69, 9.17) is 17.0 Å². The van der Waals surface area contributed by atoms with Crippen LogP contribution in [0.15, 0.2) is 18.3 Å². The average Bonchev–Trinajstić information content (AvgIpc) is 2.82. The summed E-state index contributed by atoms with van der Waals surface area (Å²) in [6.07, 6.45) is 6.25. The number of aromatic nitrogens is 1. The first-order valence-corrected chi connectivity index (χ1v) is 10.2. The van der Waals surface area contributed by atoms with Crippen LogP contribution in [0.4, 0.5) is 16.5 Å². The normalized spacial score (nSPS) is 13.2. The number of nitrogens with one attached hydrogen (secondary N) is 2. The van der Waals surface area contributed by atoms with Crippen LogP contribution in [-0.2, 0) is 17.6 Å². The Hall–Kier alpha value is -2.59. The van der Waals surface area contributed by atoms with Crippen molar-refractivity contribution >= 4 is 51.1 Å². The number of aryl methyl sites for hydroxylation is 1. The zero-order chi connectivity index (χ0) is 20.1. The van der Waals surface area contributed by atoms with E-state index in [0.29, 0.717) is 23.0 Å². The molecule has 2 aromatic heterocycles. The van der Waals surface area contributed by atoms with Gasteiger partial charge in [0.15, 0.2) is 5.11 Å². The largest absolute Gasteiger partial charge is 0.462 e. The Balaban J connectivity index is 1.79. The van der Waals surface area contributed by atoms with Crippen LogP contribution in [0, 0.1) is 10.1 Å². The SMILES string of the molecule is CCOC(=O)c1c(NC(=S)Nc2ccc([N+](=O)[O-])cn2)sc2c1CCCCC2. The summed E-state index contributed by atoms with van der Waals surface area (Å²) in [5.41, 5.74) is 1.51. The zero-order valence-electron chi connectivity index (χ0n) is 15.3. The van der Waals surface area contributed by atoms with Crippen LogP contribution in [-0.4, -0.2) is 27.6 Å². The Morgan fingerprint density at radius 3 is 2.79 bits per heavy atom. The van der Waals surface area contributed by atoms with Crippen molar-refractivity contribution in [1.82, 2.24) is 4.98 Å². The Morgan fingerprint density at radius 1 is 1.32 bits per heavy atom. The highest BCUT2D eigenvalue weighted by Crippen LogP contribution is 2.38. The second kappa shape index (κ2) is 9.07. The maximum atomic E-state index is 12.6. The highest BCUT2D eigenvalue weighted by atomic mass is 32.1. The van der Waals surface area contributed by atoms with Crippen LogP contribution < -0.4 is 10.6 Å². The number of fused-ring (bicyclic) bond motifs is 1. The number of nitro groups is 1. The van der Waals surface area contributed by atoms with Gasteiger partial charge in [0, 0.05) is 10.9 Å². The number of rotatable bonds is 5. The number of ether oxygens (including phenoxy) is 1. The molecule has 0 aliphatic heterocycles. The van der Waals surface area contributed by atoms with Crippen LogP contribution in [0.3, 0.4) is 0 Å². The fraction of sp³-hybridized carbons (Fsp3) is 0.389. The number of thiocarbonyl (C=S) groups is 1. The van der Waals surface area contributed by atoms with E-state index in [1.165, 1.54) is 28.3 Å². The van der Waals surface area contributed by atoms with Crippen molar-refractivity contribution in [3.05, 3.63) is 44.4 Å². The van der Waals surface area contributed by atoms with Gasteiger partial charge in [0.25, 0.3) is 5.69 Å².